The SMILES string of the molecule is CC(=O)OCC1=C(C(=O)O)N2C(=O)[C@@H](NC(=O)C(C(=O)OC(c3ccccc3)c3ccccc3)c3ccc(OCc4ccccc4)cc3)[C@H]2SC1. The molecule has 2 heterocycles. The van der Waals surface area contributed by atoms with Crippen molar-refractivity contribution in [3.63, 3.8) is 0 Å². The molecule has 2 N–H and O–H groups in total. The lowest BCUT2D eigenvalue weighted by molar-refractivity contribution is -0.155. The molecule has 2 amide bonds. The Labute approximate surface area is 298 Å². The molecule has 1 saturated heterocycles. The van der Waals surface area contributed by atoms with Crippen LogP contribution in [0.25, 0.3) is 0 Å². The third-order valence-electron chi connectivity index (χ3n) is 8.40. The standard InChI is InChI=1S/C39H34N2O9S/c1-24(42)48-22-29-23-51-37-32(36(44)41(37)33(29)38(45)46)40-35(43)31(26-17-19-30(20-18-26)49-21-25-11-5-2-6-12-25)39(47)50-34(27-13-7-3-8-14-27)28-15-9-4-10-16-28/h2-20,31-32,34,37H,21-23H2,1H3,(H,40,43)(H,45,46)/t31?,32-,37-/m1/s1. The minimum atomic E-state index is -1.49. The van der Waals surface area contributed by atoms with E-state index in [1.165, 1.54) is 18.7 Å². The third kappa shape index (κ3) is 7.97. The molecule has 12 heteroatoms. The molecule has 0 bridgehead atoms. The Kier molecular flexibility index (Phi) is 10.8. The summed E-state index contributed by atoms with van der Waals surface area (Å²) in [6.45, 7) is 1.24. The molecule has 2 aliphatic rings. The van der Waals surface area contributed by atoms with E-state index in [9.17, 15) is 29.1 Å². The molecule has 1 fully saturated rings. The molecule has 0 aliphatic carbocycles. The van der Waals surface area contributed by atoms with Gasteiger partial charge in [-0.3, -0.25) is 24.1 Å². The highest BCUT2D eigenvalue weighted by molar-refractivity contribution is 8.00. The van der Waals surface area contributed by atoms with Gasteiger partial charge in [0.1, 0.15) is 36.1 Å². The molecule has 6 rings (SSSR count). The van der Waals surface area contributed by atoms with Crippen LogP contribution < -0.4 is 10.1 Å². The van der Waals surface area contributed by atoms with E-state index in [4.69, 9.17) is 14.2 Å². The quantitative estimate of drug-likeness (QED) is 0.111. The summed E-state index contributed by atoms with van der Waals surface area (Å²) in [5.41, 5.74) is 2.64. The minimum absolute atomic E-state index is 0.154. The van der Waals surface area contributed by atoms with E-state index < -0.39 is 53.2 Å². The van der Waals surface area contributed by atoms with Crippen molar-refractivity contribution in [3.05, 3.63) is 149 Å². The highest BCUT2D eigenvalue weighted by Gasteiger charge is 2.55. The number of hydrogen-bond donors (Lipinski definition) is 2. The van der Waals surface area contributed by atoms with Crippen molar-refractivity contribution in [2.75, 3.05) is 12.4 Å². The summed E-state index contributed by atoms with van der Waals surface area (Å²) in [5.74, 6) is -5.07. The highest BCUT2D eigenvalue weighted by Crippen LogP contribution is 2.41. The van der Waals surface area contributed by atoms with Gasteiger partial charge in [-0.1, -0.05) is 103 Å². The summed E-state index contributed by atoms with van der Waals surface area (Å²) in [4.78, 5) is 66.3. The van der Waals surface area contributed by atoms with Gasteiger partial charge in [-0.2, -0.15) is 0 Å². The maximum absolute atomic E-state index is 14.2. The molecule has 11 nitrogen and oxygen atoms in total. The molecular weight excluding hydrogens is 673 g/mol. The summed E-state index contributed by atoms with van der Waals surface area (Å²) >= 11 is 1.22. The number of β-lactam (4-membered cyclic amide) rings is 1. The van der Waals surface area contributed by atoms with E-state index in [-0.39, 0.29) is 23.6 Å². The fourth-order valence-corrected chi connectivity index (χ4v) is 7.21. The second-order valence-corrected chi connectivity index (χ2v) is 13.0. The first-order chi connectivity index (χ1) is 24.7. The summed E-state index contributed by atoms with van der Waals surface area (Å²) in [6.07, 6.45) is -0.836. The molecule has 3 atom stereocenters. The number of aliphatic carboxylic acids is 1. The number of carbonyl (C=O) groups is 5. The molecule has 51 heavy (non-hydrogen) atoms. The predicted octanol–water partition coefficient (Wildman–Crippen LogP) is 4.98. The van der Waals surface area contributed by atoms with Crippen LogP contribution in [-0.2, 0) is 40.1 Å². The smallest absolute Gasteiger partial charge is 0.352 e. The normalized spacial score (nSPS) is 17.1. The van der Waals surface area contributed by atoms with Crippen LogP contribution in [0.5, 0.6) is 5.75 Å². The fourth-order valence-electron chi connectivity index (χ4n) is 5.88. The number of carboxylic acids is 1. The van der Waals surface area contributed by atoms with Gasteiger partial charge in [0.2, 0.25) is 5.91 Å². The number of fused-ring (bicyclic) bond motifs is 1. The first kappa shape index (κ1) is 35.0. The zero-order chi connectivity index (χ0) is 35.9. The van der Waals surface area contributed by atoms with Gasteiger partial charge >= 0.3 is 17.9 Å². The first-order valence-electron chi connectivity index (χ1n) is 16.1. The van der Waals surface area contributed by atoms with Crippen LogP contribution in [0.4, 0.5) is 0 Å². The maximum atomic E-state index is 14.2. The van der Waals surface area contributed by atoms with Gasteiger partial charge in [0, 0.05) is 18.2 Å². The van der Waals surface area contributed by atoms with Crippen LogP contribution in [0.15, 0.2) is 127 Å². The Hall–Kier alpha value is -5.88. The number of nitrogens with zero attached hydrogens (tertiary/aromatic N) is 1. The van der Waals surface area contributed by atoms with Crippen molar-refractivity contribution in [1.29, 1.82) is 0 Å². The number of thioether (sulfide) groups is 1. The van der Waals surface area contributed by atoms with Crippen molar-refractivity contribution in [1.82, 2.24) is 10.2 Å². The maximum Gasteiger partial charge on any atom is 0.352 e. The van der Waals surface area contributed by atoms with E-state index in [2.05, 4.69) is 5.32 Å². The second-order valence-electron chi connectivity index (χ2n) is 11.8. The topological polar surface area (TPSA) is 149 Å². The molecular formula is C39H34N2O9S. The Balaban J connectivity index is 1.26. The molecule has 0 radical (unpaired) electrons. The lowest BCUT2D eigenvalue weighted by Gasteiger charge is -2.49. The number of hydrogen-bond acceptors (Lipinski definition) is 9. The molecule has 4 aromatic rings. The second kappa shape index (κ2) is 15.8. The van der Waals surface area contributed by atoms with Crippen molar-refractivity contribution in [2.45, 2.75) is 37.0 Å². The van der Waals surface area contributed by atoms with Gasteiger partial charge in [0.15, 0.2) is 12.0 Å². The largest absolute Gasteiger partial charge is 0.489 e. The zero-order valence-corrected chi connectivity index (χ0v) is 28.3. The van der Waals surface area contributed by atoms with Gasteiger partial charge in [-0.05, 0) is 34.4 Å². The van der Waals surface area contributed by atoms with E-state index in [1.54, 1.807) is 24.3 Å². The van der Waals surface area contributed by atoms with Crippen molar-refractivity contribution in [2.24, 2.45) is 0 Å². The number of nitrogens with one attached hydrogen (secondary N) is 1. The van der Waals surface area contributed by atoms with Crippen LogP contribution >= 0.6 is 11.8 Å². The fraction of sp³-hybridized carbons (Fsp3) is 0.205. The molecule has 1 unspecified atom stereocenters. The van der Waals surface area contributed by atoms with Crippen LogP contribution in [-0.4, -0.2) is 63.5 Å². The Morgan fingerprint density at radius 2 is 1.41 bits per heavy atom. The Morgan fingerprint density at radius 1 is 0.824 bits per heavy atom. The molecule has 260 valence electrons. The average Bonchev–Trinajstić information content (AvgIpc) is 3.15. The molecule has 0 aromatic heterocycles. The summed E-state index contributed by atoms with van der Waals surface area (Å²) in [7, 11) is 0. The van der Waals surface area contributed by atoms with Crippen LogP contribution in [0.2, 0.25) is 0 Å². The van der Waals surface area contributed by atoms with Gasteiger partial charge < -0.3 is 24.6 Å². The van der Waals surface area contributed by atoms with E-state index in [0.717, 1.165) is 10.5 Å². The number of carboxylic acid groups (broad SMARTS) is 1. The van der Waals surface area contributed by atoms with Gasteiger partial charge in [0.25, 0.3) is 5.91 Å². The van der Waals surface area contributed by atoms with Crippen molar-refractivity contribution < 1.29 is 43.3 Å². The van der Waals surface area contributed by atoms with Crippen molar-refractivity contribution in [3.8, 4) is 5.75 Å². The Bertz CT molecular complexity index is 1900. The predicted molar refractivity (Wildman–Crippen MR) is 187 cm³/mol. The number of esters is 2. The molecule has 2 aliphatic heterocycles. The molecule has 4 aromatic carbocycles. The third-order valence-corrected chi connectivity index (χ3v) is 9.74. The average molecular weight is 707 g/mol. The van der Waals surface area contributed by atoms with Crippen LogP contribution in [0, 0.1) is 0 Å². The number of rotatable bonds is 13. The zero-order valence-electron chi connectivity index (χ0n) is 27.5. The number of ether oxygens (including phenoxy) is 3. The number of amides is 2. The highest BCUT2D eigenvalue weighted by atomic mass is 32.2. The lowest BCUT2D eigenvalue weighted by Crippen LogP contribution is -2.71. The van der Waals surface area contributed by atoms with Gasteiger partial charge in [-0.25, -0.2) is 4.79 Å². The minimum Gasteiger partial charge on any atom is -0.489 e. The Morgan fingerprint density at radius 3 is 1.98 bits per heavy atom. The summed E-state index contributed by atoms with van der Waals surface area (Å²) < 4.78 is 17.0. The molecule has 0 spiro atoms. The first-order valence-corrected chi connectivity index (χ1v) is 17.2. The van der Waals surface area contributed by atoms with Crippen molar-refractivity contribution >= 4 is 41.5 Å². The van der Waals surface area contributed by atoms with E-state index in [0.29, 0.717) is 29.0 Å². The number of benzene rings is 4. The van der Waals surface area contributed by atoms with Gasteiger partial charge in [-0.15, -0.1) is 11.8 Å². The molecule has 0 saturated carbocycles. The summed E-state index contributed by atoms with van der Waals surface area (Å²) in [6, 6.07) is 33.3. The van der Waals surface area contributed by atoms with E-state index >= 15 is 0 Å². The van der Waals surface area contributed by atoms with Gasteiger partial charge in [0.05, 0.1) is 0 Å². The van der Waals surface area contributed by atoms with Crippen LogP contribution in [0.1, 0.15) is 41.2 Å². The monoisotopic (exact) mass is 706 g/mol. The lowest BCUT2D eigenvalue weighted by atomic mass is 9.95. The van der Waals surface area contributed by atoms with Crippen LogP contribution in [0.3, 0.4) is 0 Å². The summed E-state index contributed by atoms with van der Waals surface area (Å²) in [5, 5.41) is 11.9. The van der Waals surface area contributed by atoms with E-state index in [1.807, 2.05) is 91.0 Å². The number of carbonyl (C=O) groups excluding carboxylic acids is 4.